The number of methoxy groups -OCH3 is 1. The molecule has 0 amide bonds. The van der Waals surface area contributed by atoms with Crippen molar-refractivity contribution in [2.45, 2.75) is 45.4 Å². The molecule has 7 heteroatoms. The van der Waals surface area contributed by atoms with Crippen LogP contribution >= 0.6 is 0 Å². The number of likely N-dealkylation sites (N-methyl/N-ethyl adjacent to an activating group) is 1. The summed E-state index contributed by atoms with van der Waals surface area (Å²) in [6.45, 7) is 8.09. The molecule has 1 aromatic carbocycles. The number of piperidine rings is 1. The van der Waals surface area contributed by atoms with Crippen LogP contribution in [-0.2, 0) is 11.3 Å². The molecule has 1 unspecified atom stereocenters. The van der Waals surface area contributed by atoms with Gasteiger partial charge in [0, 0.05) is 39.9 Å². The van der Waals surface area contributed by atoms with Gasteiger partial charge >= 0.3 is 0 Å². The van der Waals surface area contributed by atoms with Crippen molar-refractivity contribution in [1.82, 2.24) is 14.7 Å². The molecule has 0 radical (unpaired) electrons. The van der Waals surface area contributed by atoms with Gasteiger partial charge in [-0.05, 0) is 50.9 Å². The Morgan fingerprint density at radius 3 is 2.87 bits per heavy atom. The molecule has 0 aliphatic carbocycles. The van der Waals surface area contributed by atoms with Crippen molar-refractivity contribution < 1.29 is 9.47 Å². The fraction of sp³-hybridized carbons (Fsp3) is 0.565. The molecule has 0 N–H and O–H groups in total. The highest BCUT2D eigenvalue weighted by Gasteiger charge is 2.23. The van der Waals surface area contributed by atoms with Crippen LogP contribution in [0.15, 0.2) is 41.3 Å². The Balaban J connectivity index is 1.65. The molecule has 164 valence electrons. The summed E-state index contributed by atoms with van der Waals surface area (Å²) >= 11 is 0. The minimum absolute atomic E-state index is 0.0454. The summed E-state index contributed by atoms with van der Waals surface area (Å²) in [5, 5.41) is 4.49. The van der Waals surface area contributed by atoms with Crippen LogP contribution in [0.5, 0.6) is 5.75 Å². The second-order valence-electron chi connectivity index (χ2n) is 8.26. The molecule has 1 saturated heterocycles. The SMILES string of the molecule is COCCN(C)c1cnn(C2CCCN(Cc3cccc(OC(C)C)c3)C2)c(=O)c1. The summed E-state index contributed by atoms with van der Waals surface area (Å²) in [6, 6.07) is 10.1. The molecule has 1 aliphatic heterocycles. The molecular weight excluding hydrogens is 380 g/mol. The second-order valence-corrected chi connectivity index (χ2v) is 8.26. The Morgan fingerprint density at radius 1 is 1.30 bits per heavy atom. The standard InChI is InChI=1S/C23H34N4O3/c1-18(2)30-22-9-5-7-19(13-22)16-26-10-6-8-20(17-26)27-23(28)14-21(15-24-27)25(3)11-12-29-4/h5,7,9,13-15,18,20H,6,8,10-12,16-17H2,1-4H3. The number of hydrogen-bond donors (Lipinski definition) is 0. The van der Waals surface area contributed by atoms with Gasteiger partial charge in [0.25, 0.3) is 5.56 Å². The van der Waals surface area contributed by atoms with Crippen LogP contribution in [0, 0.1) is 0 Å². The average Bonchev–Trinajstić information content (AvgIpc) is 2.72. The third-order valence-corrected chi connectivity index (χ3v) is 5.39. The Hall–Kier alpha value is -2.38. The van der Waals surface area contributed by atoms with E-state index in [9.17, 15) is 4.79 Å². The van der Waals surface area contributed by atoms with E-state index in [1.165, 1.54) is 5.56 Å². The Morgan fingerprint density at radius 2 is 2.13 bits per heavy atom. The van der Waals surface area contributed by atoms with Gasteiger partial charge in [0.2, 0.25) is 0 Å². The maximum absolute atomic E-state index is 12.7. The summed E-state index contributed by atoms with van der Waals surface area (Å²) in [6.07, 6.45) is 3.96. The molecule has 0 saturated carbocycles. The van der Waals surface area contributed by atoms with Gasteiger partial charge in [-0.3, -0.25) is 9.69 Å². The topological polar surface area (TPSA) is 59.8 Å². The van der Waals surface area contributed by atoms with Crippen LogP contribution in [0.3, 0.4) is 0 Å². The Kier molecular flexibility index (Phi) is 7.87. The van der Waals surface area contributed by atoms with Gasteiger partial charge < -0.3 is 14.4 Å². The molecule has 3 rings (SSSR count). The van der Waals surface area contributed by atoms with E-state index in [1.807, 2.05) is 37.9 Å². The van der Waals surface area contributed by atoms with Crippen molar-refractivity contribution in [3.63, 3.8) is 0 Å². The molecule has 1 fully saturated rings. The van der Waals surface area contributed by atoms with E-state index in [4.69, 9.17) is 9.47 Å². The fourth-order valence-corrected chi connectivity index (χ4v) is 3.87. The molecule has 2 heterocycles. The van der Waals surface area contributed by atoms with E-state index in [-0.39, 0.29) is 17.7 Å². The summed E-state index contributed by atoms with van der Waals surface area (Å²) < 4.78 is 12.6. The number of likely N-dealkylation sites (tertiary alicyclic amines) is 1. The summed E-state index contributed by atoms with van der Waals surface area (Å²) in [5.74, 6) is 0.905. The lowest BCUT2D eigenvalue weighted by molar-refractivity contribution is 0.159. The van der Waals surface area contributed by atoms with Gasteiger partial charge in [0.15, 0.2) is 0 Å². The Bertz CT molecular complexity index is 868. The molecule has 7 nitrogen and oxygen atoms in total. The van der Waals surface area contributed by atoms with Gasteiger partial charge in [-0.15, -0.1) is 0 Å². The van der Waals surface area contributed by atoms with Crippen molar-refractivity contribution >= 4 is 5.69 Å². The zero-order valence-electron chi connectivity index (χ0n) is 18.6. The largest absolute Gasteiger partial charge is 0.491 e. The maximum atomic E-state index is 12.7. The second kappa shape index (κ2) is 10.6. The van der Waals surface area contributed by atoms with Crippen LogP contribution in [0.4, 0.5) is 5.69 Å². The van der Waals surface area contributed by atoms with E-state index in [0.29, 0.717) is 6.61 Å². The highest BCUT2D eigenvalue weighted by atomic mass is 16.5. The zero-order valence-corrected chi connectivity index (χ0v) is 18.6. The van der Waals surface area contributed by atoms with Crippen LogP contribution < -0.4 is 15.2 Å². The lowest BCUT2D eigenvalue weighted by Gasteiger charge is -2.33. The zero-order chi connectivity index (χ0) is 21.5. The normalized spacial score (nSPS) is 17.3. The first kappa shape index (κ1) is 22.3. The number of rotatable bonds is 9. The van der Waals surface area contributed by atoms with E-state index in [2.05, 4.69) is 22.1 Å². The molecular formula is C23H34N4O3. The number of aromatic nitrogens is 2. The van der Waals surface area contributed by atoms with Gasteiger partial charge in [-0.25, -0.2) is 4.68 Å². The van der Waals surface area contributed by atoms with Crippen molar-refractivity contribution in [3.05, 3.63) is 52.4 Å². The number of nitrogens with zero attached hydrogens (tertiary/aromatic N) is 4. The van der Waals surface area contributed by atoms with Crippen molar-refractivity contribution in [3.8, 4) is 5.75 Å². The lowest BCUT2D eigenvalue weighted by atomic mass is 10.0. The van der Waals surface area contributed by atoms with Crippen molar-refractivity contribution in [2.75, 3.05) is 45.3 Å². The quantitative estimate of drug-likeness (QED) is 0.629. The number of ether oxygens (including phenoxy) is 2. The first-order valence-corrected chi connectivity index (χ1v) is 10.7. The molecule has 1 atom stereocenters. The van der Waals surface area contributed by atoms with E-state index in [1.54, 1.807) is 24.1 Å². The van der Waals surface area contributed by atoms with Gasteiger partial charge in [0.1, 0.15) is 5.75 Å². The lowest BCUT2D eigenvalue weighted by Crippen LogP contribution is -2.40. The Labute approximate surface area is 179 Å². The molecule has 1 aliphatic rings. The summed E-state index contributed by atoms with van der Waals surface area (Å²) in [4.78, 5) is 17.1. The van der Waals surface area contributed by atoms with E-state index in [0.717, 1.165) is 50.5 Å². The van der Waals surface area contributed by atoms with Crippen LogP contribution in [0.2, 0.25) is 0 Å². The fourth-order valence-electron chi connectivity index (χ4n) is 3.87. The predicted molar refractivity (Wildman–Crippen MR) is 119 cm³/mol. The summed E-state index contributed by atoms with van der Waals surface area (Å²) in [7, 11) is 3.62. The molecule has 1 aromatic heterocycles. The van der Waals surface area contributed by atoms with E-state index >= 15 is 0 Å². The first-order valence-electron chi connectivity index (χ1n) is 10.7. The van der Waals surface area contributed by atoms with Crippen LogP contribution in [0.1, 0.15) is 38.3 Å². The number of benzene rings is 1. The molecule has 30 heavy (non-hydrogen) atoms. The highest BCUT2D eigenvalue weighted by Crippen LogP contribution is 2.23. The van der Waals surface area contributed by atoms with Crippen molar-refractivity contribution in [1.29, 1.82) is 0 Å². The number of hydrogen-bond acceptors (Lipinski definition) is 6. The third kappa shape index (κ3) is 6.06. The predicted octanol–water partition coefficient (Wildman–Crippen LogP) is 2.95. The number of anilines is 1. The van der Waals surface area contributed by atoms with Gasteiger partial charge in [0.05, 0.1) is 30.6 Å². The molecule has 0 bridgehead atoms. The molecule has 2 aromatic rings. The van der Waals surface area contributed by atoms with Crippen molar-refractivity contribution in [2.24, 2.45) is 0 Å². The highest BCUT2D eigenvalue weighted by molar-refractivity contribution is 5.41. The van der Waals surface area contributed by atoms with Gasteiger partial charge in [-0.2, -0.15) is 5.10 Å². The third-order valence-electron chi connectivity index (χ3n) is 5.39. The first-order chi connectivity index (χ1) is 14.5. The average molecular weight is 415 g/mol. The molecule has 0 spiro atoms. The monoisotopic (exact) mass is 414 g/mol. The minimum Gasteiger partial charge on any atom is -0.491 e. The summed E-state index contributed by atoms with van der Waals surface area (Å²) in [5.41, 5.74) is 2.00. The van der Waals surface area contributed by atoms with Crippen LogP contribution in [0.25, 0.3) is 0 Å². The van der Waals surface area contributed by atoms with E-state index < -0.39 is 0 Å². The van der Waals surface area contributed by atoms with Crippen LogP contribution in [-0.4, -0.2) is 61.2 Å². The van der Waals surface area contributed by atoms with Gasteiger partial charge in [-0.1, -0.05) is 12.1 Å². The smallest absolute Gasteiger partial charge is 0.269 e. The maximum Gasteiger partial charge on any atom is 0.269 e. The minimum atomic E-state index is -0.0454.